The molecule has 20 heavy (non-hydrogen) atoms. The van der Waals surface area contributed by atoms with Crippen LogP contribution in [-0.4, -0.2) is 11.8 Å². The molecule has 2 aromatic carbocycles. The number of fused-ring (bicyclic) bond motifs is 2. The Morgan fingerprint density at radius 2 is 1.80 bits per heavy atom. The van der Waals surface area contributed by atoms with E-state index in [4.69, 9.17) is 11.6 Å². The van der Waals surface area contributed by atoms with Crippen molar-refractivity contribution in [2.24, 2.45) is 0 Å². The molecule has 1 heterocycles. The number of halogens is 2. The molecule has 0 aliphatic carbocycles. The normalized spacial score (nSPS) is 13.4. The molecule has 2 nitrogen and oxygen atoms in total. The van der Waals surface area contributed by atoms with Gasteiger partial charge in [-0.2, -0.15) is 0 Å². The van der Waals surface area contributed by atoms with Gasteiger partial charge in [-0.3, -0.25) is 9.69 Å². The van der Waals surface area contributed by atoms with E-state index in [1.807, 2.05) is 24.3 Å². The number of carbonyl (C=O) groups is 1. The number of anilines is 2. The summed E-state index contributed by atoms with van der Waals surface area (Å²) in [6, 6.07) is 12.3. The number of carbonyl (C=O) groups excluding carboxylic acids is 1. The van der Waals surface area contributed by atoms with Gasteiger partial charge in [0.15, 0.2) is 0 Å². The van der Waals surface area contributed by atoms with Gasteiger partial charge in [0.05, 0.1) is 11.4 Å². The molecule has 1 aliphatic rings. The van der Waals surface area contributed by atoms with E-state index < -0.39 is 0 Å². The summed E-state index contributed by atoms with van der Waals surface area (Å²) in [7, 11) is 0. The molecule has 0 saturated heterocycles. The Bertz CT molecular complexity index is 671. The van der Waals surface area contributed by atoms with Crippen molar-refractivity contribution in [1.29, 1.82) is 0 Å². The second-order valence-electron chi connectivity index (χ2n) is 4.76. The lowest BCUT2D eigenvalue weighted by atomic mass is 10.0. The van der Waals surface area contributed by atoms with Crippen molar-refractivity contribution in [2.45, 2.75) is 12.8 Å². The smallest absolute Gasteiger partial charge is 0.246 e. The lowest BCUT2D eigenvalue weighted by Gasteiger charge is -2.24. The van der Waals surface area contributed by atoms with Crippen LogP contribution in [-0.2, 0) is 17.6 Å². The highest BCUT2D eigenvalue weighted by Gasteiger charge is 2.25. The number of benzene rings is 2. The van der Waals surface area contributed by atoms with E-state index in [1.54, 1.807) is 6.07 Å². The SMILES string of the molecule is O=C(CCl)N1c2ccccc2CCc2ccc(F)cc21. The molecule has 0 radical (unpaired) electrons. The van der Waals surface area contributed by atoms with E-state index in [0.717, 1.165) is 29.7 Å². The van der Waals surface area contributed by atoms with E-state index in [9.17, 15) is 9.18 Å². The van der Waals surface area contributed by atoms with Crippen LogP contribution in [0.25, 0.3) is 0 Å². The van der Waals surface area contributed by atoms with Crippen LogP contribution < -0.4 is 4.90 Å². The van der Waals surface area contributed by atoms with E-state index >= 15 is 0 Å². The number of amides is 1. The zero-order valence-electron chi connectivity index (χ0n) is 10.8. The third-order valence-corrected chi connectivity index (χ3v) is 3.78. The van der Waals surface area contributed by atoms with Crippen molar-refractivity contribution in [2.75, 3.05) is 10.8 Å². The quantitative estimate of drug-likeness (QED) is 0.731. The molecule has 0 atom stereocenters. The minimum atomic E-state index is -0.351. The zero-order chi connectivity index (χ0) is 14.1. The van der Waals surface area contributed by atoms with Crippen LogP contribution in [0.1, 0.15) is 11.1 Å². The number of hydrogen-bond donors (Lipinski definition) is 0. The Morgan fingerprint density at radius 1 is 1.10 bits per heavy atom. The predicted molar refractivity (Wildman–Crippen MR) is 78.1 cm³/mol. The molecule has 0 saturated carbocycles. The number of hydrogen-bond acceptors (Lipinski definition) is 1. The van der Waals surface area contributed by atoms with Gasteiger partial charge in [0.25, 0.3) is 0 Å². The highest BCUT2D eigenvalue weighted by molar-refractivity contribution is 6.30. The Kier molecular flexibility index (Phi) is 3.45. The summed E-state index contributed by atoms with van der Waals surface area (Å²) in [6.45, 7) is 0. The summed E-state index contributed by atoms with van der Waals surface area (Å²) in [6.07, 6.45) is 1.60. The first-order valence-corrected chi connectivity index (χ1v) is 6.99. The second-order valence-corrected chi connectivity index (χ2v) is 5.03. The lowest BCUT2D eigenvalue weighted by Crippen LogP contribution is -2.27. The number of para-hydroxylation sites is 1. The molecule has 2 aromatic rings. The van der Waals surface area contributed by atoms with E-state index in [1.165, 1.54) is 17.0 Å². The highest BCUT2D eigenvalue weighted by Crippen LogP contribution is 2.36. The van der Waals surface area contributed by atoms with Crippen LogP contribution in [0, 0.1) is 5.82 Å². The molecule has 1 amide bonds. The van der Waals surface area contributed by atoms with Gasteiger partial charge < -0.3 is 0 Å². The third-order valence-electron chi connectivity index (χ3n) is 3.55. The Balaban J connectivity index is 2.24. The molecule has 0 N–H and O–H groups in total. The standard InChI is InChI=1S/C16H13ClFNO/c17-10-16(20)19-14-4-2-1-3-11(14)5-6-12-7-8-13(18)9-15(12)19/h1-4,7-9H,5-6,10H2. The maximum atomic E-state index is 13.6. The molecular weight excluding hydrogens is 277 g/mol. The van der Waals surface area contributed by atoms with Crippen LogP contribution in [0.4, 0.5) is 15.8 Å². The molecule has 1 aliphatic heterocycles. The molecule has 0 spiro atoms. The summed E-state index contributed by atoms with van der Waals surface area (Å²) in [5.41, 5.74) is 3.42. The van der Waals surface area contributed by atoms with Gasteiger partial charge >= 0.3 is 0 Å². The monoisotopic (exact) mass is 289 g/mol. The Hall–Kier alpha value is -1.87. The number of rotatable bonds is 1. The van der Waals surface area contributed by atoms with Gasteiger partial charge in [0, 0.05) is 0 Å². The van der Waals surface area contributed by atoms with Gasteiger partial charge in [-0.1, -0.05) is 24.3 Å². The van der Waals surface area contributed by atoms with Crippen molar-refractivity contribution in [3.8, 4) is 0 Å². The van der Waals surface area contributed by atoms with Crippen molar-refractivity contribution in [3.05, 3.63) is 59.4 Å². The first-order chi connectivity index (χ1) is 9.70. The number of alkyl halides is 1. The van der Waals surface area contributed by atoms with E-state index in [-0.39, 0.29) is 17.6 Å². The molecule has 0 bridgehead atoms. The third kappa shape index (κ3) is 2.18. The summed E-state index contributed by atoms with van der Waals surface area (Å²) in [5, 5.41) is 0. The van der Waals surface area contributed by atoms with Crippen LogP contribution in [0.3, 0.4) is 0 Å². The molecule has 0 aromatic heterocycles. The van der Waals surface area contributed by atoms with E-state index in [0.29, 0.717) is 5.69 Å². The molecule has 0 unspecified atom stereocenters. The minimum Gasteiger partial charge on any atom is -0.279 e. The fraction of sp³-hybridized carbons (Fsp3) is 0.188. The second kappa shape index (κ2) is 5.25. The Labute approximate surface area is 121 Å². The van der Waals surface area contributed by atoms with Crippen LogP contribution in [0.15, 0.2) is 42.5 Å². The molecule has 102 valence electrons. The predicted octanol–water partition coefficient (Wildman–Crippen LogP) is 3.83. The van der Waals surface area contributed by atoms with Gasteiger partial charge in [0.1, 0.15) is 11.7 Å². The molecule has 0 fully saturated rings. The van der Waals surface area contributed by atoms with Crippen molar-refractivity contribution in [1.82, 2.24) is 0 Å². The summed E-state index contributed by atoms with van der Waals surface area (Å²) >= 11 is 5.73. The first kappa shape index (κ1) is 13.1. The average Bonchev–Trinajstić information content (AvgIpc) is 2.63. The summed E-state index contributed by atoms with van der Waals surface area (Å²) in [4.78, 5) is 13.8. The zero-order valence-corrected chi connectivity index (χ0v) is 11.5. The van der Waals surface area contributed by atoms with Crippen LogP contribution in [0.2, 0.25) is 0 Å². The topological polar surface area (TPSA) is 20.3 Å². The van der Waals surface area contributed by atoms with E-state index in [2.05, 4.69) is 0 Å². The lowest BCUT2D eigenvalue weighted by molar-refractivity contribution is -0.115. The van der Waals surface area contributed by atoms with Crippen molar-refractivity contribution in [3.63, 3.8) is 0 Å². The van der Waals surface area contributed by atoms with Gasteiger partial charge in [-0.25, -0.2) is 4.39 Å². The fourth-order valence-corrected chi connectivity index (χ4v) is 2.74. The Morgan fingerprint density at radius 3 is 2.55 bits per heavy atom. The maximum absolute atomic E-state index is 13.6. The molecule has 3 rings (SSSR count). The fourth-order valence-electron chi connectivity index (χ4n) is 2.62. The maximum Gasteiger partial charge on any atom is 0.246 e. The van der Waals surface area contributed by atoms with Crippen molar-refractivity contribution < 1.29 is 9.18 Å². The van der Waals surface area contributed by atoms with Crippen LogP contribution >= 0.6 is 11.6 Å². The number of nitrogens with zero attached hydrogens (tertiary/aromatic N) is 1. The summed E-state index contributed by atoms with van der Waals surface area (Å²) < 4.78 is 13.6. The molecular formula is C16H13ClFNO. The minimum absolute atomic E-state index is 0.135. The van der Waals surface area contributed by atoms with Gasteiger partial charge in [-0.15, -0.1) is 11.6 Å². The summed E-state index contributed by atoms with van der Waals surface area (Å²) in [5.74, 6) is -0.729. The largest absolute Gasteiger partial charge is 0.279 e. The van der Waals surface area contributed by atoms with Gasteiger partial charge in [0.2, 0.25) is 5.91 Å². The average molecular weight is 290 g/mol. The van der Waals surface area contributed by atoms with Gasteiger partial charge in [-0.05, 0) is 42.2 Å². The molecule has 4 heteroatoms. The van der Waals surface area contributed by atoms with Crippen molar-refractivity contribution >= 4 is 28.9 Å². The first-order valence-electron chi connectivity index (χ1n) is 6.46. The van der Waals surface area contributed by atoms with Crippen LogP contribution in [0.5, 0.6) is 0 Å². The highest BCUT2D eigenvalue weighted by atomic mass is 35.5. The number of aryl methyl sites for hydroxylation is 2.